The average Bonchev–Trinajstić information content (AvgIpc) is 3.35. The number of pyridine rings is 1. The zero-order chi connectivity index (χ0) is 19.3. The quantitative estimate of drug-likeness (QED) is 0.622. The van der Waals surface area contributed by atoms with Crippen molar-refractivity contribution in [2.24, 2.45) is 0 Å². The van der Waals surface area contributed by atoms with Crippen molar-refractivity contribution in [3.05, 3.63) is 34.3 Å². The minimum atomic E-state index is -4.48. The molecule has 11 heteroatoms. The van der Waals surface area contributed by atoms with Crippen molar-refractivity contribution in [1.29, 1.82) is 0 Å². The van der Waals surface area contributed by atoms with Gasteiger partial charge in [-0.25, -0.2) is 0 Å². The van der Waals surface area contributed by atoms with E-state index in [0.717, 1.165) is 19.8 Å². The molecule has 1 atom stereocenters. The largest absolute Gasteiger partial charge is 0.408 e. The molecule has 3 aromatic heterocycles. The predicted octanol–water partition coefficient (Wildman–Crippen LogP) is 4.73. The minimum Gasteiger partial charge on any atom is -0.358 e. The van der Waals surface area contributed by atoms with E-state index in [9.17, 15) is 13.2 Å². The standard InChI is InChI=1S/C16H13Cl2F3N6/c1-7(16(19,20)21)23-14-10(11-9(17)3-2-6-22-11)12(18)24-15-25-13(8-4-5-8)26-27(14)15/h2-3,6-8,23H,4-5H2,1H3/t7-/m1/s1. The first-order chi connectivity index (χ1) is 12.8. The van der Waals surface area contributed by atoms with E-state index in [1.807, 2.05) is 0 Å². The number of nitrogens with zero attached hydrogens (tertiary/aromatic N) is 5. The lowest BCUT2D eigenvalue weighted by Crippen LogP contribution is -2.34. The Balaban J connectivity index is 1.96. The van der Waals surface area contributed by atoms with Crippen LogP contribution in [0.1, 0.15) is 31.5 Å². The molecule has 6 nitrogen and oxygen atoms in total. The molecule has 1 aliphatic rings. The summed E-state index contributed by atoms with van der Waals surface area (Å²) in [6.45, 7) is 1.00. The molecule has 0 radical (unpaired) electrons. The van der Waals surface area contributed by atoms with Crippen LogP contribution >= 0.6 is 23.2 Å². The van der Waals surface area contributed by atoms with Crippen molar-refractivity contribution in [2.45, 2.75) is 37.9 Å². The van der Waals surface area contributed by atoms with Crippen LogP contribution in [0.5, 0.6) is 0 Å². The highest BCUT2D eigenvalue weighted by Gasteiger charge is 2.38. The van der Waals surface area contributed by atoms with Gasteiger partial charge in [0.2, 0.25) is 0 Å². The number of fused-ring (bicyclic) bond motifs is 1. The zero-order valence-electron chi connectivity index (χ0n) is 13.9. The molecule has 0 spiro atoms. The maximum atomic E-state index is 13.2. The number of aromatic nitrogens is 5. The lowest BCUT2D eigenvalue weighted by molar-refractivity contribution is -0.138. The molecule has 1 fully saturated rings. The van der Waals surface area contributed by atoms with Crippen LogP contribution in [0.15, 0.2) is 18.3 Å². The molecule has 1 aliphatic carbocycles. The molecule has 3 aromatic rings. The van der Waals surface area contributed by atoms with E-state index in [4.69, 9.17) is 23.2 Å². The second kappa shape index (κ2) is 6.49. The molecule has 27 heavy (non-hydrogen) atoms. The second-order valence-corrected chi connectivity index (χ2v) is 7.09. The molecule has 0 aliphatic heterocycles. The van der Waals surface area contributed by atoms with Crippen LogP contribution in [-0.4, -0.2) is 36.8 Å². The van der Waals surface area contributed by atoms with Crippen LogP contribution in [0.2, 0.25) is 10.2 Å². The van der Waals surface area contributed by atoms with E-state index >= 15 is 0 Å². The van der Waals surface area contributed by atoms with Crippen molar-refractivity contribution in [2.75, 3.05) is 5.32 Å². The summed E-state index contributed by atoms with van der Waals surface area (Å²) in [4.78, 5) is 12.7. The lowest BCUT2D eigenvalue weighted by Gasteiger charge is -2.21. The molecule has 1 saturated carbocycles. The molecule has 1 N–H and O–H groups in total. The van der Waals surface area contributed by atoms with Gasteiger partial charge in [-0.15, -0.1) is 5.10 Å². The van der Waals surface area contributed by atoms with E-state index in [1.54, 1.807) is 12.1 Å². The molecule has 0 saturated heterocycles. The Morgan fingerprint density at radius 2 is 2.00 bits per heavy atom. The highest BCUT2D eigenvalue weighted by Crippen LogP contribution is 2.41. The summed E-state index contributed by atoms with van der Waals surface area (Å²) < 4.78 is 40.8. The van der Waals surface area contributed by atoms with E-state index in [-0.39, 0.29) is 38.9 Å². The Morgan fingerprint density at radius 1 is 1.26 bits per heavy atom. The topological polar surface area (TPSA) is 68.0 Å². The van der Waals surface area contributed by atoms with Gasteiger partial charge in [0.15, 0.2) is 5.82 Å². The Morgan fingerprint density at radius 3 is 2.63 bits per heavy atom. The van der Waals surface area contributed by atoms with Gasteiger partial charge >= 0.3 is 6.18 Å². The van der Waals surface area contributed by atoms with E-state index < -0.39 is 12.2 Å². The first kappa shape index (κ1) is 18.2. The van der Waals surface area contributed by atoms with Gasteiger partial charge in [0.25, 0.3) is 5.78 Å². The lowest BCUT2D eigenvalue weighted by atomic mass is 10.2. The molecule has 0 bridgehead atoms. The number of alkyl halides is 3. The fourth-order valence-electron chi connectivity index (χ4n) is 2.60. The summed E-state index contributed by atoms with van der Waals surface area (Å²) in [5.41, 5.74) is 0.344. The van der Waals surface area contributed by atoms with Gasteiger partial charge in [-0.3, -0.25) is 4.98 Å². The van der Waals surface area contributed by atoms with Crippen molar-refractivity contribution in [1.82, 2.24) is 24.6 Å². The monoisotopic (exact) mass is 416 g/mol. The fourth-order valence-corrected chi connectivity index (χ4v) is 3.07. The van der Waals surface area contributed by atoms with Crippen molar-refractivity contribution in [3.8, 4) is 11.3 Å². The first-order valence-electron chi connectivity index (χ1n) is 8.16. The van der Waals surface area contributed by atoms with Crippen LogP contribution in [0.4, 0.5) is 19.0 Å². The molecule has 142 valence electrons. The summed E-state index contributed by atoms with van der Waals surface area (Å²) in [7, 11) is 0. The summed E-state index contributed by atoms with van der Waals surface area (Å²) in [5, 5.41) is 6.96. The minimum absolute atomic E-state index is 0.00479. The predicted molar refractivity (Wildman–Crippen MR) is 95.1 cm³/mol. The van der Waals surface area contributed by atoms with Gasteiger partial charge in [-0.05, 0) is 31.9 Å². The van der Waals surface area contributed by atoms with Gasteiger partial charge in [-0.1, -0.05) is 23.2 Å². The van der Waals surface area contributed by atoms with Gasteiger partial charge in [-0.2, -0.15) is 27.7 Å². The number of nitrogens with one attached hydrogen (secondary N) is 1. The van der Waals surface area contributed by atoms with Crippen molar-refractivity contribution < 1.29 is 13.2 Å². The number of hydrogen-bond donors (Lipinski definition) is 1. The summed E-state index contributed by atoms with van der Waals surface area (Å²) in [6.07, 6.45) is -1.14. The van der Waals surface area contributed by atoms with E-state index in [0.29, 0.717) is 5.82 Å². The summed E-state index contributed by atoms with van der Waals surface area (Å²) in [6, 6.07) is 1.31. The van der Waals surface area contributed by atoms with Crippen molar-refractivity contribution in [3.63, 3.8) is 0 Å². The van der Waals surface area contributed by atoms with Crippen LogP contribution in [0.25, 0.3) is 17.0 Å². The maximum Gasteiger partial charge on any atom is 0.408 e. The molecular weight excluding hydrogens is 404 g/mol. The Bertz CT molecular complexity index is 1020. The molecule has 0 aromatic carbocycles. The van der Waals surface area contributed by atoms with Gasteiger partial charge in [0.1, 0.15) is 17.0 Å². The Hall–Kier alpha value is -2.13. The molecule has 4 rings (SSSR count). The number of anilines is 1. The summed E-state index contributed by atoms with van der Waals surface area (Å²) in [5.74, 6) is 0.843. The molecule has 0 amide bonds. The van der Waals surface area contributed by atoms with Crippen LogP contribution < -0.4 is 5.32 Å². The van der Waals surface area contributed by atoms with Crippen molar-refractivity contribution >= 4 is 34.8 Å². The third kappa shape index (κ3) is 3.41. The fraction of sp³-hybridized carbons (Fsp3) is 0.375. The molecular formula is C16H13Cl2F3N6. The number of hydrogen-bond acceptors (Lipinski definition) is 5. The first-order valence-corrected chi connectivity index (χ1v) is 8.91. The van der Waals surface area contributed by atoms with Crippen LogP contribution in [-0.2, 0) is 0 Å². The number of halogens is 5. The Labute approximate surface area is 161 Å². The highest BCUT2D eigenvalue weighted by molar-refractivity contribution is 6.36. The van der Waals surface area contributed by atoms with Crippen LogP contribution in [0, 0.1) is 0 Å². The summed E-state index contributed by atoms with van der Waals surface area (Å²) >= 11 is 12.5. The van der Waals surface area contributed by atoms with E-state index in [2.05, 4.69) is 25.4 Å². The normalized spacial score (nSPS) is 15.9. The van der Waals surface area contributed by atoms with Gasteiger partial charge in [0.05, 0.1) is 16.3 Å². The number of rotatable bonds is 4. The molecule has 0 unspecified atom stereocenters. The zero-order valence-corrected chi connectivity index (χ0v) is 15.4. The van der Waals surface area contributed by atoms with Gasteiger partial charge < -0.3 is 5.32 Å². The Kier molecular flexibility index (Phi) is 4.38. The second-order valence-electron chi connectivity index (χ2n) is 6.32. The average molecular weight is 417 g/mol. The third-order valence-electron chi connectivity index (χ3n) is 4.24. The SMILES string of the molecule is C[C@@H](Nc1c(-c2ncccc2Cl)c(Cl)nc2nc(C3CC3)nn12)C(F)(F)F. The van der Waals surface area contributed by atoms with Crippen LogP contribution in [0.3, 0.4) is 0 Å². The van der Waals surface area contributed by atoms with E-state index in [1.165, 1.54) is 10.7 Å². The smallest absolute Gasteiger partial charge is 0.358 e. The third-order valence-corrected chi connectivity index (χ3v) is 4.82. The van der Waals surface area contributed by atoms with Gasteiger partial charge in [0, 0.05) is 12.1 Å². The maximum absolute atomic E-state index is 13.2. The molecule has 3 heterocycles. The highest BCUT2D eigenvalue weighted by atomic mass is 35.5.